The Hall–Kier alpha value is -3.53. The lowest BCUT2D eigenvalue weighted by molar-refractivity contribution is 0.0816. The second kappa shape index (κ2) is 7.86. The summed E-state index contributed by atoms with van der Waals surface area (Å²) in [4.78, 5) is 27.3. The first-order valence-electron chi connectivity index (χ1n) is 10.8. The van der Waals surface area contributed by atoms with Gasteiger partial charge in [-0.25, -0.2) is 9.97 Å². The molecule has 166 valence electrons. The van der Waals surface area contributed by atoms with E-state index in [1.807, 2.05) is 0 Å². The number of carbonyl (C=O) groups excluding carboxylic acids is 1. The first-order valence-corrected chi connectivity index (χ1v) is 10.8. The topological polar surface area (TPSA) is 135 Å². The van der Waals surface area contributed by atoms with Gasteiger partial charge in [-0.05, 0) is 44.5 Å². The Balaban J connectivity index is 1.36. The van der Waals surface area contributed by atoms with Gasteiger partial charge in [0.2, 0.25) is 0 Å². The van der Waals surface area contributed by atoms with Crippen molar-refractivity contribution in [2.24, 2.45) is 0 Å². The predicted octanol–water partition coefficient (Wildman–Crippen LogP) is 2.47. The molecule has 5 rings (SSSR count). The van der Waals surface area contributed by atoms with Crippen LogP contribution in [0.2, 0.25) is 0 Å². The lowest BCUT2D eigenvalue weighted by atomic mass is 9.76. The molecule has 0 aliphatic carbocycles. The zero-order valence-corrected chi connectivity index (χ0v) is 18.2. The molecule has 32 heavy (non-hydrogen) atoms. The van der Waals surface area contributed by atoms with Crippen molar-refractivity contribution in [1.29, 1.82) is 0 Å². The maximum absolute atomic E-state index is 12.0. The van der Waals surface area contributed by atoms with Gasteiger partial charge in [0.15, 0.2) is 5.82 Å². The van der Waals surface area contributed by atoms with Crippen LogP contribution in [-0.2, 0) is 12.0 Å². The molecule has 1 amide bonds. The summed E-state index contributed by atoms with van der Waals surface area (Å²) >= 11 is 0. The highest BCUT2D eigenvalue weighted by atomic mass is 16.5. The Labute approximate surface area is 185 Å². The van der Waals surface area contributed by atoms with E-state index in [2.05, 4.69) is 37.7 Å². The highest BCUT2D eigenvalue weighted by Gasteiger charge is 2.37. The maximum atomic E-state index is 12.0. The Morgan fingerprint density at radius 2 is 2.03 bits per heavy atom. The van der Waals surface area contributed by atoms with Gasteiger partial charge in [-0.3, -0.25) is 4.79 Å². The van der Waals surface area contributed by atoms with Crippen LogP contribution in [0.4, 0.5) is 17.3 Å². The van der Waals surface area contributed by atoms with Gasteiger partial charge in [0.25, 0.3) is 11.8 Å². The number of nitrogens with one attached hydrogen (secondary N) is 2. The fourth-order valence-corrected chi connectivity index (χ4v) is 4.43. The number of nitrogens with two attached hydrogens (primary N) is 1. The standard InChI is InChI=1S/C22H26N8O2/c1-3-22(6-8-24-9-7-22)21-28-19(32-29-21)14-11-25-18(10-15(14)23)27-17-5-4-13-16(26-17)12-30(2)20(13)31/h4-5,10-11,24H,3,6-9,12H2,1-2H3,(H3,23,25,26,27). The quantitative estimate of drug-likeness (QED) is 0.553. The third kappa shape index (κ3) is 3.46. The number of carbonyl (C=O) groups is 1. The summed E-state index contributed by atoms with van der Waals surface area (Å²) in [6.07, 6.45) is 4.54. The smallest absolute Gasteiger partial charge is 0.261 e. The third-order valence-electron chi connectivity index (χ3n) is 6.50. The second-order valence-electron chi connectivity index (χ2n) is 8.44. The summed E-state index contributed by atoms with van der Waals surface area (Å²) in [6.45, 7) is 4.55. The third-order valence-corrected chi connectivity index (χ3v) is 6.50. The average Bonchev–Trinajstić information content (AvgIpc) is 3.40. The van der Waals surface area contributed by atoms with Crippen LogP contribution < -0.4 is 16.4 Å². The number of aromatic nitrogens is 4. The van der Waals surface area contributed by atoms with Crippen molar-refractivity contribution in [3.8, 4) is 11.5 Å². The van der Waals surface area contributed by atoms with E-state index in [1.165, 1.54) is 0 Å². The summed E-state index contributed by atoms with van der Waals surface area (Å²) in [7, 11) is 1.76. The van der Waals surface area contributed by atoms with Crippen LogP contribution in [0.3, 0.4) is 0 Å². The summed E-state index contributed by atoms with van der Waals surface area (Å²) < 4.78 is 5.57. The number of nitrogen functional groups attached to an aromatic ring is 1. The molecule has 0 saturated carbocycles. The molecule has 3 aromatic rings. The Morgan fingerprint density at radius 1 is 1.22 bits per heavy atom. The molecule has 3 aromatic heterocycles. The molecule has 0 unspecified atom stereocenters. The molecule has 10 heteroatoms. The Bertz CT molecular complexity index is 1170. The first-order chi connectivity index (χ1) is 15.5. The van der Waals surface area contributed by atoms with E-state index in [4.69, 9.17) is 10.3 Å². The highest BCUT2D eigenvalue weighted by molar-refractivity contribution is 5.97. The molecular weight excluding hydrogens is 408 g/mol. The second-order valence-corrected chi connectivity index (χ2v) is 8.44. The predicted molar refractivity (Wildman–Crippen MR) is 119 cm³/mol. The van der Waals surface area contributed by atoms with Gasteiger partial charge < -0.3 is 25.8 Å². The van der Waals surface area contributed by atoms with Crippen molar-refractivity contribution >= 4 is 23.2 Å². The van der Waals surface area contributed by atoms with E-state index in [0.29, 0.717) is 40.9 Å². The van der Waals surface area contributed by atoms with Crippen LogP contribution in [0.15, 0.2) is 28.9 Å². The molecule has 5 heterocycles. The minimum Gasteiger partial charge on any atom is -0.398 e. The van der Waals surface area contributed by atoms with Gasteiger partial charge in [0.1, 0.15) is 11.6 Å². The van der Waals surface area contributed by atoms with Crippen molar-refractivity contribution in [3.63, 3.8) is 0 Å². The van der Waals surface area contributed by atoms with Gasteiger partial charge in [-0.1, -0.05) is 12.1 Å². The van der Waals surface area contributed by atoms with Crippen molar-refractivity contribution in [2.45, 2.75) is 38.1 Å². The van der Waals surface area contributed by atoms with E-state index in [0.717, 1.165) is 43.9 Å². The number of anilines is 3. The molecule has 2 aliphatic rings. The zero-order chi connectivity index (χ0) is 22.3. The molecule has 0 spiro atoms. The molecule has 2 aliphatic heterocycles. The molecular formula is C22H26N8O2. The van der Waals surface area contributed by atoms with Crippen LogP contribution in [0, 0.1) is 0 Å². The molecule has 1 saturated heterocycles. The van der Waals surface area contributed by atoms with Gasteiger partial charge >= 0.3 is 0 Å². The molecule has 4 N–H and O–H groups in total. The average molecular weight is 435 g/mol. The normalized spacial score (nSPS) is 17.4. The minimum absolute atomic E-state index is 0.0148. The van der Waals surface area contributed by atoms with E-state index >= 15 is 0 Å². The lowest BCUT2D eigenvalue weighted by Crippen LogP contribution is -2.40. The number of fused-ring (bicyclic) bond motifs is 1. The number of hydrogen-bond acceptors (Lipinski definition) is 9. The SMILES string of the molecule is CCC1(c2noc(-c3cnc(Nc4ccc5c(n4)CN(C)C5=O)cc3N)n2)CCNCC1. The Morgan fingerprint density at radius 3 is 2.78 bits per heavy atom. The Kier molecular flexibility index (Phi) is 5.01. The van der Waals surface area contributed by atoms with Crippen LogP contribution in [0.1, 0.15) is 48.1 Å². The molecule has 0 bridgehead atoms. The lowest BCUT2D eigenvalue weighted by Gasteiger charge is -2.33. The molecule has 0 aromatic carbocycles. The highest BCUT2D eigenvalue weighted by Crippen LogP contribution is 2.36. The maximum Gasteiger partial charge on any atom is 0.261 e. The van der Waals surface area contributed by atoms with Gasteiger partial charge in [0.05, 0.1) is 23.4 Å². The fourth-order valence-electron chi connectivity index (χ4n) is 4.43. The van der Waals surface area contributed by atoms with Gasteiger partial charge in [-0.15, -0.1) is 0 Å². The molecule has 0 radical (unpaired) electrons. The number of rotatable bonds is 5. The van der Waals surface area contributed by atoms with Crippen molar-refractivity contribution in [2.75, 3.05) is 31.2 Å². The summed E-state index contributed by atoms with van der Waals surface area (Å²) in [5.41, 5.74) is 8.69. The van der Waals surface area contributed by atoms with Gasteiger partial charge in [-0.2, -0.15) is 4.98 Å². The minimum atomic E-state index is -0.0641. The number of hydrogen-bond donors (Lipinski definition) is 3. The number of amides is 1. The fraction of sp³-hybridized carbons (Fsp3) is 0.409. The number of nitrogens with zero attached hydrogens (tertiary/aromatic N) is 5. The van der Waals surface area contributed by atoms with E-state index in [-0.39, 0.29) is 11.3 Å². The summed E-state index contributed by atoms with van der Waals surface area (Å²) in [5, 5.41) is 10.8. The largest absolute Gasteiger partial charge is 0.398 e. The van der Waals surface area contributed by atoms with Crippen molar-refractivity contribution in [1.82, 2.24) is 30.3 Å². The monoisotopic (exact) mass is 434 g/mol. The van der Waals surface area contributed by atoms with Gasteiger partial charge in [0, 0.05) is 30.4 Å². The van der Waals surface area contributed by atoms with Crippen LogP contribution >= 0.6 is 0 Å². The summed E-state index contributed by atoms with van der Waals surface area (Å²) in [6, 6.07) is 5.25. The van der Waals surface area contributed by atoms with Crippen LogP contribution in [-0.4, -0.2) is 51.1 Å². The molecule has 0 atom stereocenters. The number of pyridine rings is 2. The van der Waals surface area contributed by atoms with Crippen LogP contribution in [0.5, 0.6) is 0 Å². The van der Waals surface area contributed by atoms with Crippen LogP contribution in [0.25, 0.3) is 11.5 Å². The number of piperidine rings is 1. The first kappa shape index (κ1) is 20.4. The van der Waals surface area contributed by atoms with E-state index in [1.54, 1.807) is 36.3 Å². The van der Waals surface area contributed by atoms with Crippen molar-refractivity contribution < 1.29 is 9.32 Å². The van der Waals surface area contributed by atoms with Crippen molar-refractivity contribution in [3.05, 3.63) is 41.5 Å². The summed E-state index contributed by atoms with van der Waals surface area (Å²) in [5.74, 6) is 2.24. The van der Waals surface area contributed by atoms with E-state index in [9.17, 15) is 4.79 Å². The zero-order valence-electron chi connectivity index (χ0n) is 18.2. The molecule has 10 nitrogen and oxygen atoms in total. The van der Waals surface area contributed by atoms with E-state index < -0.39 is 0 Å². The molecule has 1 fully saturated rings.